The first kappa shape index (κ1) is 16.9. The van der Waals surface area contributed by atoms with Crippen LogP contribution in [0.3, 0.4) is 0 Å². The lowest BCUT2D eigenvalue weighted by Gasteiger charge is -2.19. The number of halogens is 1. The van der Waals surface area contributed by atoms with E-state index >= 15 is 0 Å². The first-order valence-corrected chi connectivity index (χ1v) is 6.56. The summed E-state index contributed by atoms with van der Waals surface area (Å²) >= 11 is 0. The second kappa shape index (κ2) is 6.56. The van der Waals surface area contributed by atoms with Gasteiger partial charge in [0.2, 0.25) is 5.91 Å². The van der Waals surface area contributed by atoms with Crippen LogP contribution in [0.25, 0.3) is 0 Å². The Morgan fingerprint density at radius 2 is 2.30 bits per heavy atom. The molecule has 1 saturated carbocycles. The molecule has 4 atom stereocenters. The number of carbonyl (C=O) groups excluding carboxylic acids is 2. The summed E-state index contributed by atoms with van der Waals surface area (Å²) in [6, 6.07) is -0.452. The van der Waals surface area contributed by atoms with Gasteiger partial charge in [0, 0.05) is 12.5 Å². The highest BCUT2D eigenvalue weighted by atomic mass is 35.5. The predicted octanol–water partition coefficient (Wildman–Crippen LogP) is -0.245. The van der Waals surface area contributed by atoms with Crippen molar-refractivity contribution < 1.29 is 19.4 Å². The van der Waals surface area contributed by atoms with E-state index < -0.39 is 23.7 Å². The van der Waals surface area contributed by atoms with Gasteiger partial charge in [-0.2, -0.15) is 0 Å². The van der Waals surface area contributed by atoms with E-state index in [1.165, 1.54) is 0 Å². The summed E-state index contributed by atoms with van der Waals surface area (Å²) in [6.07, 6.45) is 2.04. The summed E-state index contributed by atoms with van der Waals surface area (Å²) in [6.45, 7) is 6.07. The molecule has 0 aromatic rings. The van der Waals surface area contributed by atoms with E-state index in [0.29, 0.717) is 19.4 Å². The van der Waals surface area contributed by atoms with Crippen LogP contribution in [0.4, 0.5) is 0 Å². The SMILES string of the molecule is C=C[C@@H]1C[C@]1(NC(=O)[C@@H]1C[C@@H](O)CN1)C(=O)OCC.Cl. The zero-order valence-corrected chi connectivity index (χ0v) is 12.2. The third-order valence-corrected chi connectivity index (χ3v) is 3.71. The van der Waals surface area contributed by atoms with E-state index in [4.69, 9.17) is 4.74 Å². The van der Waals surface area contributed by atoms with Crippen molar-refractivity contribution in [3.05, 3.63) is 12.7 Å². The minimum absolute atomic E-state index is 0. The molecule has 1 saturated heterocycles. The van der Waals surface area contributed by atoms with Gasteiger partial charge in [0.1, 0.15) is 5.54 Å². The molecule has 0 spiro atoms. The van der Waals surface area contributed by atoms with Gasteiger partial charge in [0.25, 0.3) is 0 Å². The minimum Gasteiger partial charge on any atom is -0.464 e. The van der Waals surface area contributed by atoms with Crippen molar-refractivity contribution in [2.75, 3.05) is 13.2 Å². The number of esters is 1. The van der Waals surface area contributed by atoms with Crippen molar-refractivity contribution in [1.29, 1.82) is 0 Å². The first-order valence-electron chi connectivity index (χ1n) is 6.56. The van der Waals surface area contributed by atoms with Crippen LogP contribution in [0, 0.1) is 5.92 Å². The molecule has 0 unspecified atom stereocenters. The number of ether oxygens (including phenoxy) is 1. The number of rotatable bonds is 5. The Bertz CT molecular complexity index is 404. The molecule has 1 heterocycles. The number of aliphatic hydroxyl groups excluding tert-OH is 1. The standard InChI is InChI=1S/C13H20N2O4.ClH/c1-3-8-6-13(8,12(18)19-4-2)15-11(17)10-5-9(16)7-14-10;/h3,8-10,14,16H,1,4-7H2,2H3,(H,15,17);1H/t8-,9-,10+,13-;/m1./s1. The molecule has 1 aliphatic heterocycles. The van der Waals surface area contributed by atoms with E-state index in [-0.39, 0.29) is 30.8 Å². The number of β-amino-alcohol motifs (C(OH)–C–C–N with tert-alkyl or cyclic N) is 1. The maximum absolute atomic E-state index is 12.1. The molecule has 0 bridgehead atoms. The van der Waals surface area contributed by atoms with Gasteiger partial charge in [0.05, 0.1) is 18.8 Å². The van der Waals surface area contributed by atoms with Crippen molar-refractivity contribution >= 4 is 24.3 Å². The highest BCUT2D eigenvalue weighted by molar-refractivity contribution is 5.93. The van der Waals surface area contributed by atoms with Gasteiger partial charge in [-0.15, -0.1) is 19.0 Å². The zero-order valence-electron chi connectivity index (χ0n) is 11.4. The van der Waals surface area contributed by atoms with Crippen LogP contribution in [0.2, 0.25) is 0 Å². The topological polar surface area (TPSA) is 87.7 Å². The molecule has 114 valence electrons. The monoisotopic (exact) mass is 304 g/mol. The van der Waals surface area contributed by atoms with Gasteiger partial charge in [-0.05, 0) is 19.8 Å². The zero-order chi connectivity index (χ0) is 14.0. The second-order valence-corrected chi connectivity index (χ2v) is 5.08. The molecule has 7 heteroatoms. The smallest absolute Gasteiger partial charge is 0.332 e. The highest BCUT2D eigenvalue weighted by Gasteiger charge is 2.61. The van der Waals surface area contributed by atoms with Crippen LogP contribution in [-0.2, 0) is 14.3 Å². The summed E-state index contributed by atoms with van der Waals surface area (Å²) in [7, 11) is 0. The van der Waals surface area contributed by atoms with Gasteiger partial charge in [-0.1, -0.05) is 6.08 Å². The fourth-order valence-electron chi connectivity index (χ4n) is 2.49. The van der Waals surface area contributed by atoms with E-state index in [9.17, 15) is 14.7 Å². The van der Waals surface area contributed by atoms with E-state index in [2.05, 4.69) is 17.2 Å². The predicted molar refractivity (Wildman–Crippen MR) is 75.5 cm³/mol. The summed E-state index contributed by atoms with van der Waals surface area (Å²) in [5.41, 5.74) is -0.954. The fourth-order valence-corrected chi connectivity index (χ4v) is 2.49. The molecule has 0 aromatic carbocycles. The lowest BCUT2D eigenvalue weighted by molar-refractivity contribution is -0.149. The first-order chi connectivity index (χ1) is 9.03. The van der Waals surface area contributed by atoms with Crippen LogP contribution >= 0.6 is 12.4 Å². The Labute approximate surface area is 124 Å². The van der Waals surface area contributed by atoms with Crippen LogP contribution in [-0.4, -0.2) is 47.8 Å². The lowest BCUT2D eigenvalue weighted by atomic mass is 10.1. The molecule has 3 N–H and O–H groups in total. The van der Waals surface area contributed by atoms with Gasteiger partial charge in [-0.3, -0.25) is 4.79 Å². The Hall–Kier alpha value is -1.11. The van der Waals surface area contributed by atoms with Gasteiger partial charge < -0.3 is 20.5 Å². The Balaban J connectivity index is 0.00000200. The van der Waals surface area contributed by atoms with E-state index in [1.807, 2.05) is 0 Å². The van der Waals surface area contributed by atoms with Crippen LogP contribution in [0.1, 0.15) is 19.8 Å². The number of hydrogen-bond donors (Lipinski definition) is 3. The molecular weight excluding hydrogens is 284 g/mol. The number of carbonyl (C=O) groups is 2. The average molecular weight is 305 g/mol. The Morgan fingerprint density at radius 3 is 2.75 bits per heavy atom. The molecule has 20 heavy (non-hydrogen) atoms. The normalized spacial score (nSPS) is 34.8. The number of amides is 1. The van der Waals surface area contributed by atoms with Crippen molar-refractivity contribution in [1.82, 2.24) is 10.6 Å². The molecule has 6 nitrogen and oxygen atoms in total. The summed E-state index contributed by atoms with van der Waals surface area (Å²) < 4.78 is 5.01. The van der Waals surface area contributed by atoms with Crippen molar-refractivity contribution in [2.24, 2.45) is 5.92 Å². The summed E-state index contributed by atoms with van der Waals surface area (Å²) in [4.78, 5) is 24.0. The third-order valence-electron chi connectivity index (χ3n) is 3.71. The van der Waals surface area contributed by atoms with Gasteiger partial charge >= 0.3 is 5.97 Å². The van der Waals surface area contributed by atoms with Crippen LogP contribution in [0.15, 0.2) is 12.7 Å². The molecule has 2 aliphatic rings. The minimum atomic E-state index is -0.954. The Morgan fingerprint density at radius 1 is 1.60 bits per heavy atom. The maximum Gasteiger partial charge on any atom is 0.332 e. The molecule has 0 aromatic heterocycles. The molecule has 2 rings (SSSR count). The van der Waals surface area contributed by atoms with Crippen LogP contribution < -0.4 is 10.6 Å². The maximum atomic E-state index is 12.1. The summed E-state index contributed by atoms with van der Waals surface area (Å²) in [5.74, 6) is -0.762. The van der Waals surface area contributed by atoms with Crippen molar-refractivity contribution in [2.45, 2.75) is 37.5 Å². The molecule has 1 amide bonds. The number of hydrogen-bond acceptors (Lipinski definition) is 5. The Kier molecular flexibility index (Phi) is 5.56. The summed E-state index contributed by atoms with van der Waals surface area (Å²) in [5, 5.41) is 15.1. The molecule has 2 fully saturated rings. The average Bonchev–Trinajstić information content (AvgIpc) is 2.92. The largest absolute Gasteiger partial charge is 0.464 e. The molecule has 0 radical (unpaired) electrons. The second-order valence-electron chi connectivity index (χ2n) is 5.08. The quantitative estimate of drug-likeness (QED) is 0.482. The van der Waals surface area contributed by atoms with Gasteiger partial charge in [0.15, 0.2) is 0 Å². The third kappa shape index (κ3) is 3.13. The molecule has 1 aliphatic carbocycles. The van der Waals surface area contributed by atoms with E-state index in [0.717, 1.165) is 0 Å². The van der Waals surface area contributed by atoms with Crippen molar-refractivity contribution in [3.63, 3.8) is 0 Å². The van der Waals surface area contributed by atoms with Crippen molar-refractivity contribution in [3.8, 4) is 0 Å². The lowest BCUT2D eigenvalue weighted by Crippen LogP contribution is -2.51. The highest BCUT2D eigenvalue weighted by Crippen LogP contribution is 2.45. The molecular formula is C13H21ClN2O4. The fraction of sp³-hybridized carbons (Fsp3) is 0.692. The van der Waals surface area contributed by atoms with E-state index in [1.54, 1.807) is 13.0 Å². The number of aliphatic hydroxyl groups is 1. The van der Waals surface area contributed by atoms with Crippen LogP contribution in [0.5, 0.6) is 0 Å². The number of nitrogens with one attached hydrogen (secondary N) is 2. The van der Waals surface area contributed by atoms with Gasteiger partial charge in [-0.25, -0.2) is 4.79 Å².